The SMILES string of the molecule is O=C(COC(=O)CCNC(=O)c1ccccc1)Nc1ccccc1C(=O)NC1CC1. The number of carbonyl (C=O) groups is 4. The fourth-order valence-electron chi connectivity index (χ4n) is 2.66. The van der Waals surface area contributed by atoms with E-state index in [4.69, 9.17) is 4.74 Å². The summed E-state index contributed by atoms with van der Waals surface area (Å²) >= 11 is 0. The van der Waals surface area contributed by atoms with Gasteiger partial charge >= 0.3 is 5.97 Å². The zero-order valence-electron chi connectivity index (χ0n) is 16.4. The summed E-state index contributed by atoms with van der Waals surface area (Å²) in [5.41, 5.74) is 1.20. The van der Waals surface area contributed by atoms with Crippen molar-refractivity contribution in [3.63, 3.8) is 0 Å². The number of benzene rings is 2. The van der Waals surface area contributed by atoms with Gasteiger partial charge in [0.1, 0.15) is 0 Å². The van der Waals surface area contributed by atoms with Crippen molar-refractivity contribution in [3.8, 4) is 0 Å². The molecule has 0 radical (unpaired) electrons. The topological polar surface area (TPSA) is 114 Å². The molecule has 0 atom stereocenters. The number of ether oxygens (including phenoxy) is 1. The fourth-order valence-corrected chi connectivity index (χ4v) is 2.66. The first-order chi connectivity index (χ1) is 14.5. The average molecular weight is 409 g/mol. The second-order valence-electron chi connectivity index (χ2n) is 6.87. The lowest BCUT2D eigenvalue weighted by atomic mass is 10.1. The Kier molecular flexibility index (Phi) is 7.15. The van der Waals surface area contributed by atoms with Crippen LogP contribution in [0.1, 0.15) is 40.0 Å². The summed E-state index contributed by atoms with van der Waals surface area (Å²) in [4.78, 5) is 48.1. The lowest BCUT2D eigenvalue weighted by molar-refractivity contribution is -0.147. The fraction of sp³-hybridized carbons (Fsp3) is 0.273. The first-order valence-corrected chi connectivity index (χ1v) is 9.71. The van der Waals surface area contributed by atoms with Crippen molar-refractivity contribution >= 4 is 29.4 Å². The van der Waals surface area contributed by atoms with Crippen LogP contribution in [0.25, 0.3) is 0 Å². The number of carbonyl (C=O) groups excluding carboxylic acids is 4. The zero-order chi connectivity index (χ0) is 21.3. The molecule has 0 bridgehead atoms. The van der Waals surface area contributed by atoms with Crippen molar-refractivity contribution < 1.29 is 23.9 Å². The van der Waals surface area contributed by atoms with Crippen LogP contribution in [0.15, 0.2) is 54.6 Å². The Hall–Kier alpha value is -3.68. The van der Waals surface area contributed by atoms with Crippen LogP contribution in [-0.2, 0) is 14.3 Å². The summed E-state index contributed by atoms with van der Waals surface area (Å²) in [7, 11) is 0. The monoisotopic (exact) mass is 409 g/mol. The standard InChI is InChI=1S/C22H23N3O5/c26-19(25-18-9-5-4-8-17(18)22(29)24-16-10-11-16)14-30-20(27)12-13-23-21(28)15-6-2-1-3-7-15/h1-9,16H,10-14H2,(H,23,28)(H,24,29)(H,25,26). The van der Waals surface area contributed by atoms with Crippen LogP contribution < -0.4 is 16.0 Å². The van der Waals surface area contributed by atoms with Crippen LogP contribution in [0.5, 0.6) is 0 Å². The molecule has 1 aliphatic carbocycles. The van der Waals surface area contributed by atoms with E-state index in [9.17, 15) is 19.2 Å². The molecule has 0 aromatic heterocycles. The van der Waals surface area contributed by atoms with Gasteiger partial charge < -0.3 is 20.7 Å². The van der Waals surface area contributed by atoms with Gasteiger partial charge in [-0.1, -0.05) is 30.3 Å². The summed E-state index contributed by atoms with van der Waals surface area (Å²) in [6, 6.07) is 15.5. The molecule has 0 spiro atoms. The van der Waals surface area contributed by atoms with E-state index in [-0.39, 0.29) is 30.8 Å². The predicted octanol–water partition coefficient (Wildman–Crippen LogP) is 1.88. The number of anilines is 1. The molecule has 8 heteroatoms. The Balaban J connectivity index is 1.39. The van der Waals surface area contributed by atoms with Gasteiger partial charge in [-0.15, -0.1) is 0 Å². The van der Waals surface area contributed by atoms with Gasteiger partial charge in [-0.2, -0.15) is 0 Å². The van der Waals surface area contributed by atoms with Gasteiger partial charge in [-0.25, -0.2) is 0 Å². The van der Waals surface area contributed by atoms with E-state index in [1.54, 1.807) is 54.6 Å². The molecule has 8 nitrogen and oxygen atoms in total. The van der Waals surface area contributed by atoms with Crippen LogP contribution in [-0.4, -0.2) is 42.9 Å². The van der Waals surface area contributed by atoms with Gasteiger partial charge in [-0.05, 0) is 37.1 Å². The van der Waals surface area contributed by atoms with Crippen LogP contribution >= 0.6 is 0 Å². The number of para-hydroxylation sites is 1. The minimum Gasteiger partial charge on any atom is -0.456 e. The quantitative estimate of drug-likeness (QED) is 0.547. The van der Waals surface area contributed by atoms with Crippen molar-refractivity contribution in [2.45, 2.75) is 25.3 Å². The maximum absolute atomic E-state index is 12.3. The summed E-state index contributed by atoms with van der Waals surface area (Å²) < 4.78 is 4.94. The van der Waals surface area contributed by atoms with E-state index in [2.05, 4.69) is 16.0 Å². The van der Waals surface area contributed by atoms with Crippen molar-refractivity contribution in [2.24, 2.45) is 0 Å². The van der Waals surface area contributed by atoms with Gasteiger partial charge in [0, 0.05) is 18.2 Å². The van der Waals surface area contributed by atoms with E-state index in [1.165, 1.54) is 0 Å². The minimum atomic E-state index is -0.613. The molecular formula is C22H23N3O5. The third-order valence-electron chi connectivity index (χ3n) is 4.37. The van der Waals surface area contributed by atoms with Crippen LogP contribution in [0.3, 0.4) is 0 Å². The highest BCUT2D eigenvalue weighted by molar-refractivity contribution is 6.04. The first-order valence-electron chi connectivity index (χ1n) is 9.71. The molecule has 0 saturated heterocycles. The summed E-state index contributed by atoms with van der Waals surface area (Å²) in [6.07, 6.45) is 1.86. The maximum atomic E-state index is 12.3. The van der Waals surface area contributed by atoms with E-state index in [0.29, 0.717) is 16.8 Å². The van der Waals surface area contributed by atoms with Gasteiger partial charge in [0.2, 0.25) is 0 Å². The molecule has 3 N–H and O–H groups in total. The highest BCUT2D eigenvalue weighted by Gasteiger charge is 2.25. The molecule has 1 fully saturated rings. The summed E-state index contributed by atoms with van der Waals surface area (Å²) in [5.74, 6) is -1.71. The lowest BCUT2D eigenvalue weighted by Crippen LogP contribution is -2.29. The molecule has 0 heterocycles. The molecule has 0 aliphatic heterocycles. The van der Waals surface area contributed by atoms with Gasteiger partial charge in [0.25, 0.3) is 17.7 Å². The second-order valence-corrected chi connectivity index (χ2v) is 6.87. The summed E-state index contributed by atoms with van der Waals surface area (Å²) in [6.45, 7) is -0.387. The van der Waals surface area contributed by atoms with Crippen molar-refractivity contribution in [1.82, 2.24) is 10.6 Å². The normalized spacial score (nSPS) is 12.5. The van der Waals surface area contributed by atoms with Crippen LogP contribution in [0.2, 0.25) is 0 Å². The molecule has 156 valence electrons. The first kappa shape index (κ1) is 21.0. The Bertz CT molecular complexity index is 925. The highest BCUT2D eigenvalue weighted by atomic mass is 16.5. The predicted molar refractivity (Wildman–Crippen MR) is 110 cm³/mol. The molecule has 30 heavy (non-hydrogen) atoms. The van der Waals surface area contributed by atoms with Crippen LogP contribution in [0.4, 0.5) is 5.69 Å². The van der Waals surface area contributed by atoms with Gasteiger partial charge in [-0.3, -0.25) is 19.2 Å². The molecular weight excluding hydrogens is 386 g/mol. The number of esters is 1. The molecule has 2 aromatic carbocycles. The van der Waals surface area contributed by atoms with Crippen molar-refractivity contribution in [1.29, 1.82) is 0 Å². The molecule has 3 rings (SSSR count). The van der Waals surface area contributed by atoms with Gasteiger partial charge in [0.05, 0.1) is 17.7 Å². The van der Waals surface area contributed by atoms with Crippen LogP contribution in [0, 0.1) is 0 Å². The van der Waals surface area contributed by atoms with E-state index in [0.717, 1.165) is 12.8 Å². The summed E-state index contributed by atoms with van der Waals surface area (Å²) in [5, 5.41) is 8.07. The number of hydrogen-bond donors (Lipinski definition) is 3. The Labute approximate surface area is 174 Å². The highest BCUT2D eigenvalue weighted by Crippen LogP contribution is 2.21. The van der Waals surface area contributed by atoms with Crippen molar-refractivity contribution in [2.75, 3.05) is 18.5 Å². The number of hydrogen-bond acceptors (Lipinski definition) is 5. The molecule has 1 saturated carbocycles. The van der Waals surface area contributed by atoms with Crippen molar-refractivity contribution in [3.05, 3.63) is 65.7 Å². The Morgan fingerprint density at radius 3 is 2.33 bits per heavy atom. The third-order valence-corrected chi connectivity index (χ3v) is 4.37. The molecule has 0 unspecified atom stereocenters. The number of nitrogens with one attached hydrogen (secondary N) is 3. The maximum Gasteiger partial charge on any atom is 0.308 e. The smallest absolute Gasteiger partial charge is 0.308 e. The number of amides is 3. The second kappa shape index (κ2) is 10.2. The number of rotatable bonds is 9. The Morgan fingerprint density at radius 1 is 0.900 bits per heavy atom. The van der Waals surface area contributed by atoms with E-state index >= 15 is 0 Å². The van der Waals surface area contributed by atoms with E-state index in [1.807, 2.05) is 0 Å². The third kappa shape index (κ3) is 6.44. The average Bonchev–Trinajstić information content (AvgIpc) is 3.57. The molecule has 2 aromatic rings. The minimum absolute atomic E-state index is 0.0633. The molecule has 1 aliphatic rings. The zero-order valence-corrected chi connectivity index (χ0v) is 16.4. The Morgan fingerprint density at radius 2 is 1.60 bits per heavy atom. The largest absolute Gasteiger partial charge is 0.456 e. The molecule has 3 amide bonds. The van der Waals surface area contributed by atoms with Gasteiger partial charge in [0.15, 0.2) is 6.61 Å². The van der Waals surface area contributed by atoms with E-state index < -0.39 is 18.5 Å². The lowest BCUT2D eigenvalue weighted by Gasteiger charge is -2.11.